The Bertz CT molecular complexity index is 1340. The zero-order chi connectivity index (χ0) is 22.7. The van der Waals surface area contributed by atoms with Crippen LogP contribution in [0.4, 0.5) is 0 Å². The van der Waals surface area contributed by atoms with Gasteiger partial charge in [-0.15, -0.1) is 0 Å². The molecule has 35 heavy (non-hydrogen) atoms. The predicted octanol–water partition coefficient (Wildman–Crippen LogP) is 7.05. The SMILES string of the molecule is [Ni].c1ccc(-c2ccnc3c2C(P(c2ccccc2)c2ccccc2)C(c2ccccc2)O3)cc1. The van der Waals surface area contributed by atoms with E-state index in [1.54, 1.807) is 0 Å². The molecule has 0 aliphatic carbocycles. The van der Waals surface area contributed by atoms with Crippen molar-refractivity contribution in [3.05, 3.63) is 145 Å². The summed E-state index contributed by atoms with van der Waals surface area (Å²) in [6, 6.07) is 45.1. The van der Waals surface area contributed by atoms with Crippen molar-refractivity contribution in [1.82, 2.24) is 4.98 Å². The molecule has 4 aromatic carbocycles. The van der Waals surface area contributed by atoms with E-state index in [1.807, 2.05) is 6.20 Å². The van der Waals surface area contributed by atoms with E-state index in [9.17, 15) is 0 Å². The standard InChI is InChI=1S/C31H24NOP.Ni/c1-5-13-23(14-6-1)27-21-22-32-31-28(27)30(29(33-31)24-15-7-2-8-16-24)34(25-17-9-3-10-18-25)26-19-11-4-12-20-26;/h1-22,29-30H;. The summed E-state index contributed by atoms with van der Waals surface area (Å²) in [6.45, 7) is 0. The van der Waals surface area contributed by atoms with E-state index in [4.69, 9.17) is 9.72 Å². The van der Waals surface area contributed by atoms with Gasteiger partial charge in [0.05, 0.1) is 5.66 Å². The number of aromatic nitrogens is 1. The molecule has 2 atom stereocenters. The molecule has 2 unspecified atom stereocenters. The van der Waals surface area contributed by atoms with Gasteiger partial charge in [0, 0.05) is 28.3 Å². The Hall–Kier alpha value is -3.25. The third-order valence-corrected chi connectivity index (χ3v) is 9.13. The van der Waals surface area contributed by atoms with Crippen LogP contribution < -0.4 is 15.3 Å². The van der Waals surface area contributed by atoms with Crippen LogP contribution >= 0.6 is 7.92 Å². The van der Waals surface area contributed by atoms with Crippen molar-refractivity contribution in [2.24, 2.45) is 0 Å². The number of pyridine rings is 1. The average Bonchev–Trinajstić information content (AvgIpc) is 3.31. The van der Waals surface area contributed by atoms with Gasteiger partial charge >= 0.3 is 0 Å². The molecule has 1 aliphatic rings. The molecular weight excluding hydrogens is 492 g/mol. The Balaban J connectivity index is 0.00000253. The maximum atomic E-state index is 6.70. The fraction of sp³-hybridized carbons (Fsp3) is 0.0645. The van der Waals surface area contributed by atoms with Gasteiger partial charge in [-0.05, 0) is 41.3 Å². The van der Waals surface area contributed by atoms with Gasteiger partial charge in [-0.3, -0.25) is 0 Å². The first-order chi connectivity index (χ1) is 16.9. The van der Waals surface area contributed by atoms with Crippen LogP contribution in [0.15, 0.2) is 134 Å². The van der Waals surface area contributed by atoms with Crippen molar-refractivity contribution in [2.45, 2.75) is 11.8 Å². The molecule has 2 nitrogen and oxygen atoms in total. The van der Waals surface area contributed by atoms with E-state index >= 15 is 0 Å². The molecule has 1 aliphatic heterocycles. The first-order valence-electron chi connectivity index (χ1n) is 11.6. The fourth-order valence-corrected chi connectivity index (χ4v) is 7.78. The number of ether oxygens (including phenoxy) is 1. The van der Waals surface area contributed by atoms with Crippen LogP contribution in [-0.2, 0) is 16.5 Å². The van der Waals surface area contributed by atoms with Crippen LogP contribution in [0.1, 0.15) is 22.9 Å². The first-order valence-corrected chi connectivity index (χ1v) is 13.0. The van der Waals surface area contributed by atoms with Gasteiger partial charge in [0.25, 0.3) is 0 Å². The minimum absolute atomic E-state index is 0. The van der Waals surface area contributed by atoms with E-state index < -0.39 is 7.92 Å². The summed E-state index contributed by atoms with van der Waals surface area (Å²) in [5.74, 6) is 0.750. The van der Waals surface area contributed by atoms with Crippen LogP contribution in [0.25, 0.3) is 11.1 Å². The summed E-state index contributed by atoms with van der Waals surface area (Å²) in [6.07, 6.45) is 1.76. The van der Waals surface area contributed by atoms with Crippen LogP contribution in [0, 0.1) is 0 Å². The molecule has 2 heterocycles. The summed E-state index contributed by atoms with van der Waals surface area (Å²) in [5, 5.41) is 2.68. The Morgan fingerprint density at radius 1 is 0.600 bits per heavy atom. The Morgan fingerprint density at radius 3 is 1.69 bits per heavy atom. The van der Waals surface area contributed by atoms with Gasteiger partial charge < -0.3 is 4.74 Å². The summed E-state index contributed by atoms with van der Waals surface area (Å²) < 4.78 is 6.70. The molecule has 0 radical (unpaired) electrons. The zero-order valence-corrected chi connectivity index (χ0v) is 20.9. The van der Waals surface area contributed by atoms with Crippen molar-refractivity contribution < 1.29 is 21.2 Å². The minimum atomic E-state index is -0.773. The van der Waals surface area contributed by atoms with Crippen LogP contribution in [0.2, 0.25) is 0 Å². The molecule has 0 amide bonds. The fourth-order valence-electron chi connectivity index (χ4n) is 4.84. The topological polar surface area (TPSA) is 22.1 Å². The maximum absolute atomic E-state index is 6.70. The van der Waals surface area contributed by atoms with Crippen molar-refractivity contribution in [1.29, 1.82) is 0 Å². The molecule has 1 aromatic heterocycles. The molecule has 5 aromatic rings. The van der Waals surface area contributed by atoms with Crippen molar-refractivity contribution in [3.63, 3.8) is 0 Å². The molecular formula is C31H24NNiOP. The quantitative estimate of drug-likeness (QED) is 0.185. The van der Waals surface area contributed by atoms with Gasteiger partial charge in [-0.1, -0.05) is 121 Å². The van der Waals surface area contributed by atoms with Crippen molar-refractivity contribution in [3.8, 4) is 17.0 Å². The van der Waals surface area contributed by atoms with Crippen LogP contribution in [0.5, 0.6) is 5.88 Å². The Kier molecular flexibility index (Phi) is 7.09. The van der Waals surface area contributed by atoms with Gasteiger partial charge in [-0.25, -0.2) is 4.98 Å². The van der Waals surface area contributed by atoms with Gasteiger partial charge in [0.15, 0.2) is 0 Å². The van der Waals surface area contributed by atoms with Gasteiger partial charge in [0.2, 0.25) is 5.88 Å². The maximum Gasteiger partial charge on any atom is 0.218 e. The molecule has 0 bridgehead atoms. The number of hydrogen-bond acceptors (Lipinski definition) is 2. The second-order valence-electron chi connectivity index (χ2n) is 8.38. The largest absolute Gasteiger partial charge is 0.468 e. The number of hydrogen-bond donors (Lipinski definition) is 0. The summed E-state index contributed by atoms with van der Waals surface area (Å²) in [7, 11) is -0.773. The molecule has 4 heteroatoms. The minimum Gasteiger partial charge on any atom is -0.468 e. The molecule has 0 saturated carbocycles. The smallest absolute Gasteiger partial charge is 0.218 e. The van der Waals surface area contributed by atoms with E-state index in [0.717, 1.165) is 5.88 Å². The zero-order valence-electron chi connectivity index (χ0n) is 19.0. The third kappa shape index (κ3) is 4.55. The second kappa shape index (κ2) is 10.6. The number of fused-ring (bicyclic) bond motifs is 1. The predicted molar refractivity (Wildman–Crippen MR) is 141 cm³/mol. The average molecular weight is 516 g/mol. The summed E-state index contributed by atoms with van der Waals surface area (Å²) in [4.78, 5) is 4.73. The van der Waals surface area contributed by atoms with Crippen LogP contribution in [-0.4, -0.2) is 4.98 Å². The molecule has 0 fully saturated rings. The number of benzene rings is 4. The van der Waals surface area contributed by atoms with Crippen LogP contribution in [0.3, 0.4) is 0 Å². The van der Waals surface area contributed by atoms with E-state index in [1.165, 1.54) is 32.9 Å². The number of rotatable bonds is 5. The van der Waals surface area contributed by atoms with Crippen molar-refractivity contribution >= 4 is 18.5 Å². The molecule has 6 rings (SSSR count). The summed E-state index contributed by atoms with van der Waals surface area (Å²) >= 11 is 0. The molecule has 0 spiro atoms. The van der Waals surface area contributed by atoms with Gasteiger partial charge in [-0.2, -0.15) is 0 Å². The van der Waals surface area contributed by atoms with E-state index in [0.29, 0.717) is 0 Å². The Labute approximate surface area is 217 Å². The summed E-state index contributed by atoms with van der Waals surface area (Å²) in [5.41, 5.74) is 4.92. The normalized spacial score (nSPS) is 16.3. The third-order valence-electron chi connectivity index (χ3n) is 6.33. The molecule has 174 valence electrons. The van der Waals surface area contributed by atoms with E-state index in [-0.39, 0.29) is 28.3 Å². The van der Waals surface area contributed by atoms with Crippen molar-refractivity contribution in [2.75, 3.05) is 0 Å². The van der Waals surface area contributed by atoms with E-state index in [2.05, 4.69) is 127 Å². The first kappa shape index (κ1) is 23.5. The monoisotopic (exact) mass is 515 g/mol. The molecule has 0 N–H and O–H groups in total. The molecule has 0 saturated heterocycles. The number of nitrogens with zero attached hydrogens (tertiary/aromatic N) is 1. The van der Waals surface area contributed by atoms with Gasteiger partial charge in [0.1, 0.15) is 6.10 Å². The second-order valence-corrected chi connectivity index (χ2v) is 10.7. The Morgan fingerprint density at radius 2 is 1.11 bits per heavy atom.